The average molecular weight is 382 g/mol. The van der Waals surface area contributed by atoms with Crippen molar-refractivity contribution < 1.29 is 14.3 Å². The van der Waals surface area contributed by atoms with Crippen LogP contribution in [-0.4, -0.2) is 61.6 Å². The maximum Gasteiger partial charge on any atom is 0.317 e. The van der Waals surface area contributed by atoms with Crippen LogP contribution in [0.1, 0.15) is 5.56 Å². The van der Waals surface area contributed by atoms with E-state index in [4.69, 9.17) is 4.74 Å². The number of carbonyl (C=O) groups excluding carboxylic acids is 2. The quantitative estimate of drug-likeness (QED) is 0.803. The number of hydrogen-bond acceptors (Lipinski definition) is 4. The Morgan fingerprint density at radius 2 is 1.75 bits per heavy atom. The Morgan fingerprint density at radius 1 is 1.00 bits per heavy atom. The summed E-state index contributed by atoms with van der Waals surface area (Å²) < 4.78 is 5.13. The Kier molecular flexibility index (Phi) is 6.86. The summed E-state index contributed by atoms with van der Waals surface area (Å²) in [5.74, 6) is 0.388. The second-order valence-corrected chi connectivity index (χ2v) is 6.69. The maximum atomic E-state index is 12.3. The van der Waals surface area contributed by atoms with E-state index >= 15 is 0 Å². The van der Waals surface area contributed by atoms with E-state index in [0.29, 0.717) is 24.5 Å². The van der Waals surface area contributed by atoms with Crippen molar-refractivity contribution in [1.82, 2.24) is 15.1 Å². The van der Waals surface area contributed by atoms with Gasteiger partial charge in [0, 0.05) is 44.5 Å². The van der Waals surface area contributed by atoms with Crippen LogP contribution in [0.4, 0.5) is 10.5 Å². The molecular formula is C21H26N4O3. The van der Waals surface area contributed by atoms with Crippen LogP contribution in [0.3, 0.4) is 0 Å². The molecule has 0 unspecified atom stereocenters. The first kappa shape index (κ1) is 19.7. The van der Waals surface area contributed by atoms with Crippen LogP contribution in [0, 0.1) is 0 Å². The van der Waals surface area contributed by atoms with Gasteiger partial charge in [-0.15, -0.1) is 0 Å². The Morgan fingerprint density at radius 3 is 2.46 bits per heavy atom. The molecule has 0 spiro atoms. The first-order chi connectivity index (χ1) is 13.6. The number of methoxy groups -OCH3 is 1. The van der Waals surface area contributed by atoms with Crippen molar-refractivity contribution in [2.24, 2.45) is 0 Å². The minimum Gasteiger partial charge on any atom is -0.497 e. The molecule has 0 bridgehead atoms. The minimum absolute atomic E-state index is 0.0692. The van der Waals surface area contributed by atoms with Gasteiger partial charge in [-0.3, -0.25) is 9.69 Å². The van der Waals surface area contributed by atoms with Crippen LogP contribution in [0.25, 0.3) is 0 Å². The third-order valence-corrected chi connectivity index (χ3v) is 4.66. The lowest BCUT2D eigenvalue weighted by Gasteiger charge is -2.34. The van der Waals surface area contributed by atoms with E-state index < -0.39 is 0 Å². The highest BCUT2D eigenvalue weighted by Crippen LogP contribution is 2.16. The second kappa shape index (κ2) is 9.75. The van der Waals surface area contributed by atoms with Gasteiger partial charge in [0.15, 0.2) is 0 Å². The number of nitrogens with one attached hydrogen (secondary N) is 2. The third-order valence-electron chi connectivity index (χ3n) is 4.66. The van der Waals surface area contributed by atoms with E-state index in [9.17, 15) is 9.59 Å². The fraction of sp³-hybridized carbons (Fsp3) is 0.333. The number of benzene rings is 2. The number of nitrogens with zero attached hydrogens (tertiary/aromatic N) is 2. The van der Waals surface area contributed by atoms with Gasteiger partial charge in [0.1, 0.15) is 5.75 Å². The lowest BCUT2D eigenvalue weighted by Crippen LogP contribution is -2.52. The zero-order chi connectivity index (χ0) is 19.8. The SMILES string of the molecule is COc1cccc(NC(=O)CNC(=O)N2CCN(Cc3ccccc3)CC2)c1. The summed E-state index contributed by atoms with van der Waals surface area (Å²) in [6.07, 6.45) is 0. The van der Waals surface area contributed by atoms with Gasteiger partial charge in [-0.25, -0.2) is 4.79 Å². The number of anilines is 1. The van der Waals surface area contributed by atoms with Gasteiger partial charge in [-0.1, -0.05) is 36.4 Å². The molecule has 0 radical (unpaired) electrons. The van der Waals surface area contributed by atoms with Crippen LogP contribution in [0.5, 0.6) is 5.75 Å². The summed E-state index contributed by atoms with van der Waals surface area (Å²) in [7, 11) is 1.57. The molecule has 1 saturated heterocycles. The van der Waals surface area contributed by atoms with Crippen LogP contribution >= 0.6 is 0 Å². The number of piperazine rings is 1. The van der Waals surface area contributed by atoms with E-state index in [1.54, 1.807) is 36.3 Å². The Bertz CT molecular complexity index is 789. The van der Waals surface area contributed by atoms with Gasteiger partial charge in [0.2, 0.25) is 5.91 Å². The molecule has 0 atom stereocenters. The van der Waals surface area contributed by atoms with E-state index in [1.165, 1.54) is 5.56 Å². The summed E-state index contributed by atoms with van der Waals surface area (Å²) >= 11 is 0. The molecule has 0 aliphatic carbocycles. The molecule has 2 N–H and O–H groups in total. The third kappa shape index (κ3) is 5.72. The highest BCUT2D eigenvalue weighted by atomic mass is 16.5. The Labute approximate surface area is 165 Å². The van der Waals surface area contributed by atoms with Crippen molar-refractivity contribution in [2.45, 2.75) is 6.54 Å². The van der Waals surface area contributed by atoms with E-state index in [1.807, 2.05) is 18.2 Å². The second-order valence-electron chi connectivity index (χ2n) is 6.69. The number of rotatable bonds is 6. The van der Waals surface area contributed by atoms with Gasteiger partial charge < -0.3 is 20.3 Å². The summed E-state index contributed by atoms with van der Waals surface area (Å²) in [4.78, 5) is 28.5. The van der Waals surface area contributed by atoms with Gasteiger partial charge in [0.25, 0.3) is 0 Å². The van der Waals surface area contributed by atoms with Crippen molar-refractivity contribution >= 4 is 17.6 Å². The average Bonchev–Trinajstić information content (AvgIpc) is 2.73. The first-order valence-corrected chi connectivity index (χ1v) is 9.37. The van der Waals surface area contributed by atoms with Gasteiger partial charge in [0.05, 0.1) is 13.7 Å². The fourth-order valence-corrected chi connectivity index (χ4v) is 3.12. The topological polar surface area (TPSA) is 73.9 Å². The maximum absolute atomic E-state index is 12.3. The van der Waals surface area contributed by atoms with Crippen LogP contribution in [0.15, 0.2) is 54.6 Å². The van der Waals surface area contributed by atoms with Gasteiger partial charge in [-0.05, 0) is 17.7 Å². The molecule has 2 aromatic carbocycles. The predicted octanol–water partition coefficient (Wildman–Crippen LogP) is 2.16. The minimum atomic E-state index is -0.274. The van der Waals surface area contributed by atoms with Gasteiger partial charge >= 0.3 is 6.03 Å². The summed E-state index contributed by atoms with van der Waals surface area (Å²) in [5, 5.41) is 5.44. The molecule has 7 heteroatoms. The molecule has 1 heterocycles. The monoisotopic (exact) mass is 382 g/mol. The highest BCUT2D eigenvalue weighted by molar-refractivity contribution is 5.94. The largest absolute Gasteiger partial charge is 0.497 e. The van der Waals surface area contributed by atoms with Crippen LogP contribution in [-0.2, 0) is 11.3 Å². The Balaban J connectivity index is 1.38. The fourth-order valence-electron chi connectivity index (χ4n) is 3.12. The van der Waals surface area contributed by atoms with Crippen molar-refractivity contribution in [3.8, 4) is 5.75 Å². The zero-order valence-corrected chi connectivity index (χ0v) is 16.1. The van der Waals surface area contributed by atoms with Crippen molar-refractivity contribution in [2.75, 3.05) is 45.2 Å². The number of ether oxygens (including phenoxy) is 1. The van der Waals surface area contributed by atoms with Crippen LogP contribution < -0.4 is 15.4 Å². The number of urea groups is 1. The molecule has 148 valence electrons. The van der Waals surface area contributed by atoms with Crippen molar-refractivity contribution in [1.29, 1.82) is 0 Å². The summed E-state index contributed by atoms with van der Waals surface area (Å²) in [6.45, 7) is 3.75. The molecule has 3 amide bonds. The van der Waals surface area contributed by atoms with E-state index in [2.05, 4.69) is 27.7 Å². The van der Waals surface area contributed by atoms with Crippen molar-refractivity contribution in [3.05, 3.63) is 60.2 Å². The summed E-state index contributed by atoms with van der Waals surface area (Å²) in [5.41, 5.74) is 1.91. The molecule has 0 saturated carbocycles. The normalized spacial score (nSPS) is 14.4. The Hall–Kier alpha value is -3.06. The zero-order valence-electron chi connectivity index (χ0n) is 16.1. The number of carbonyl (C=O) groups is 2. The molecule has 3 rings (SSSR count). The summed E-state index contributed by atoms with van der Waals surface area (Å²) in [6, 6.07) is 17.2. The molecule has 1 aliphatic heterocycles. The molecular weight excluding hydrogens is 356 g/mol. The smallest absolute Gasteiger partial charge is 0.317 e. The lowest BCUT2D eigenvalue weighted by molar-refractivity contribution is -0.115. The number of amides is 3. The highest BCUT2D eigenvalue weighted by Gasteiger charge is 2.21. The lowest BCUT2D eigenvalue weighted by atomic mass is 10.2. The molecule has 7 nitrogen and oxygen atoms in total. The standard InChI is InChI=1S/C21H26N4O3/c1-28-19-9-5-8-18(14-19)23-20(26)15-22-21(27)25-12-10-24(11-13-25)16-17-6-3-2-4-7-17/h2-9,14H,10-13,15-16H2,1H3,(H,22,27)(H,23,26). The molecule has 0 aromatic heterocycles. The molecule has 2 aromatic rings. The van der Waals surface area contributed by atoms with Crippen LogP contribution in [0.2, 0.25) is 0 Å². The first-order valence-electron chi connectivity index (χ1n) is 9.37. The van der Waals surface area contributed by atoms with E-state index in [-0.39, 0.29) is 18.5 Å². The molecule has 1 aliphatic rings. The van der Waals surface area contributed by atoms with Gasteiger partial charge in [-0.2, -0.15) is 0 Å². The molecule has 1 fully saturated rings. The molecule has 28 heavy (non-hydrogen) atoms. The predicted molar refractivity (Wildman–Crippen MR) is 108 cm³/mol. The van der Waals surface area contributed by atoms with Crippen molar-refractivity contribution in [3.63, 3.8) is 0 Å². The number of hydrogen-bond donors (Lipinski definition) is 2. The van der Waals surface area contributed by atoms with E-state index in [0.717, 1.165) is 19.6 Å².